The van der Waals surface area contributed by atoms with Gasteiger partial charge in [0.25, 0.3) is 5.56 Å². The first-order chi connectivity index (χ1) is 7.86. The van der Waals surface area contributed by atoms with Crippen LogP contribution < -0.4 is 10.9 Å². The molecular weight excluding hydrogens is 204 g/mol. The predicted molar refractivity (Wildman–Crippen MR) is 61.5 cm³/mol. The van der Waals surface area contributed by atoms with E-state index >= 15 is 0 Å². The third kappa shape index (κ3) is 1.44. The van der Waals surface area contributed by atoms with E-state index in [1.807, 2.05) is 16.8 Å². The smallest absolute Gasteiger partial charge is 0.278 e. The van der Waals surface area contributed by atoms with Gasteiger partial charge in [-0.15, -0.1) is 0 Å². The molecule has 84 valence electrons. The van der Waals surface area contributed by atoms with Crippen LogP contribution in [0.5, 0.6) is 0 Å². The third-order valence-corrected chi connectivity index (χ3v) is 3.21. The van der Waals surface area contributed by atoms with Gasteiger partial charge in [0, 0.05) is 12.2 Å². The van der Waals surface area contributed by atoms with Crippen molar-refractivity contribution in [3.63, 3.8) is 0 Å². The number of nitrogens with one attached hydrogen (secondary N) is 2. The summed E-state index contributed by atoms with van der Waals surface area (Å²) in [5, 5.41) is 3.30. The number of aromatic nitrogens is 3. The minimum atomic E-state index is 0.0191. The van der Waals surface area contributed by atoms with E-state index in [4.69, 9.17) is 0 Å². The first-order valence-electron chi connectivity index (χ1n) is 5.61. The molecule has 1 fully saturated rings. The minimum Gasteiger partial charge on any atom is -0.344 e. The highest BCUT2D eigenvalue weighted by atomic mass is 16.1. The van der Waals surface area contributed by atoms with E-state index in [1.54, 1.807) is 6.33 Å². The standard InChI is InChI=1S/C11H14N4O/c16-11-10-9(13-7-14-10)3-6-15(11)8-1-4-12-5-2-8/h3,6-8,12H,1-2,4-5H2,(H,13,14). The van der Waals surface area contributed by atoms with E-state index in [2.05, 4.69) is 15.3 Å². The van der Waals surface area contributed by atoms with Crippen LogP contribution in [0, 0.1) is 0 Å². The van der Waals surface area contributed by atoms with Crippen LogP contribution in [-0.4, -0.2) is 27.6 Å². The maximum Gasteiger partial charge on any atom is 0.278 e. The minimum absolute atomic E-state index is 0.0191. The maximum absolute atomic E-state index is 12.1. The van der Waals surface area contributed by atoms with Gasteiger partial charge in [-0.3, -0.25) is 4.79 Å². The molecule has 3 rings (SSSR count). The molecule has 0 amide bonds. The molecule has 5 heteroatoms. The number of hydrogen-bond acceptors (Lipinski definition) is 3. The van der Waals surface area contributed by atoms with Crippen LogP contribution >= 0.6 is 0 Å². The molecule has 1 aliphatic heterocycles. The van der Waals surface area contributed by atoms with E-state index in [-0.39, 0.29) is 5.56 Å². The van der Waals surface area contributed by atoms with E-state index in [0.29, 0.717) is 11.6 Å². The highest BCUT2D eigenvalue weighted by molar-refractivity contribution is 5.72. The number of pyridine rings is 1. The highest BCUT2D eigenvalue weighted by Gasteiger charge is 2.17. The Hall–Kier alpha value is -1.62. The molecule has 0 atom stereocenters. The lowest BCUT2D eigenvalue weighted by Crippen LogP contribution is -2.34. The second-order valence-corrected chi connectivity index (χ2v) is 4.17. The van der Waals surface area contributed by atoms with Gasteiger partial charge in [0.15, 0.2) is 5.52 Å². The number of aromatic amines is 1. The van der Waals surface area contributed by atoms with Gasteiger partial charge < -0.3 is 14.9 Å². The fourth-order valence-corrected chi connectivity index (χ4v) is 2.32. The molecule has 0 saturated carbocycles. The molecule has 0 aliphatic carbocycles. The zero-order valence-electron chi connectivity index (χ0n) is 8.94. The zero-order valence-corrected chi connectivity index (χ0v) is 8.94. The topological polar surface area (TPSA) is 62.7 Å². The van der Waals surface area contributed by atoms with Gasteiger partial charge in [0.1, 0.15) is 0 Å². The van der Waals surface area contributed by atoms with Crippen molar-refractivity contribution in [3.05, 3.63) is 28.9 Å². The molecule has 2 aromatic heterocycles. The van der Waals surface area contributed by atoms with Crippen molar-refractivity contribution in [2.45, 2.75) is 18.9 Å². The van der Waals surface area contributed by atoms with Gasteiger partial charge in [-0.2, -0.15) is 0 Å². The Balaban J connectivity index is 2.09. The van der Waals surface area contributed by atoms with Gasteiger partial charge in [0.2, 0.25) is 0 Å². The molecule has 16 heavy (non-hydrogen) atoms. The Morgan fingerprint density at radius 3 is 3.00 bits per heavy atom. The van der Waals surface area contributed by atoms with Gasteiger partial charge in [-0.05, 0) is 32.0 Å². The lowest BCUT2D eigenvalue weighted by molar-refractivity contribution is 0.362. The Kier molecular flexibility index (Phi) is 2.25. The molecule has 2 N–H and O–H groups in total. The van der Waals surface area contributed by atoms with Crippen LogP contribution in [0.3, 0.4) is 0 Å². The van der Waals surface area contributed by atoms with E-state index in [9.17, 15) is 4.79 Å². The Morgan fingerprint density at radius 2 is 2.19 bits per heavy atom. The number of nitrogens with zero attached hydrogens (tertiary/aromatic N) is 2. The summed E-state index contributed by atoms with van der Waals surface area (Å²) in [5.74, 6) is 0. The van der Waals surface area contributed by atoms with Crippen LogP contribution in [0.1, 0.15) is 18.9 Å². The Morgan fingerprint density at radius 1 is 1.38 bits per heavy atom. The van der Waals surface area contributed by atoms with Crippen molar-refractivity contribution in [2.75, 3.05) is 13.1 Å². The molecule has 0 spiro atoms. The van der Waals surface area contributed by atoms with Crippen LogP contribution in [0.25, 0.3) is 11.0 Å². The van der Waals surface area contributed by atoms with Gasteiger partial charge in [0.05, 0.1) is 11.8 Å². The van der Waals surface area contributed by atoms with Gasteiger partial charge in [-0.1, -0.05) is 0 Å². The summed E-state index contributed by atoms with van der Waals surface area (Å²) in [6, 6.07) is 2.24. The summed E-state index contributed by atoms with van der Waals surface area (Å²) in [6.45, 7) is 1.96. The number of imidazole rings is 1. The highest BCUT2D eigenvalue weighted by Crippen LogP contribution is 2.17. The average molecular weight is 218 g/mol. The van der Waals surface area contributed by atoms with Crippen molar-refractivity contribution >= 4 is 11.0 Å². The van der Waals surface area contributed by atoms with Crippen LogP contribution in [0.15, 0.2) is 23.4 Å². The predicted octanol–water partition coefficient (Wildman–Crippen LogP) is 0.649. The second-order valence-electron chi connectivity index (χ2n) is 4.17. The van der Waals surface area contributed by atoms with Crippen LogP contribution in [-0.2, 0) is 0 Å². The summed E-state index contributed by atoms with van der Waals surface area (Å²) in [6.07, 6.45) is 5.46. The van der Waals surface area contributed by atoms with Crippen molar-refractivity contribution in [1.82, 2.24) is 19.9 Å². The van der Waals surface area contributed by atoms with E-state index in [1.165, 1.54) is 0 Å². The summed E-state index contributed by atoms with van der Waals surface area (Å²) < 4.78 is 1.82. The lowest BCUT2D eigenvalue weighted by atomic mass is 10.1. The zero-order chi connectivity index (χ0) is 11.0. The molecule has 1 aliphatic rings. The summed E-state index contributed by atoms with van der Waals surface area (Å²) in [4.78, 5) is 19.2. The monoisotopic (exact) mass is 218 g/mol. The number of piperidine rings is 1. The molecule has 0 unspecified atom stereocenters. The maximum atomic E-state index is 12.1. The number of fused-ring (bicyclic) bond motifs is 1. The fourth-order valence-electron chi connectivity index (χ4n) is 2.32. The molecule has 3 heterocycles. The molecule has 0 radical (unpaired) electrons. The van der Waals surface area contributed by atoms with Crippen molar-refractivity contribution in [2.24, 2.45) is 0 Å². The van der Waals surface area contributed by atoms with E-state index < -0.39 is 0 Å². The second kappa shape index (κ2) is 3.75. The molecule has 0 aromatic carbocycles. The fraction of sp³-hybridized carbons (Fsp3) is 0.455. The average Bonchev–Trinajstić information content (AvgIpc) is 2.80. The van der Waals surface area contributed by atoms with Crippen molar-refractivity contribution in [3.8, 4) is 0 Å². The Labute approximate surface area is 92.5 Å². The van der Waals surface area contributed by atoms with Crippen LogP contribution in [0.4, 0.5) is 0 Å². The third-order valence-electron chi connectivity index (χ3n) is 3.21. The number of rotatable bonds is 1. The molecule has 1 saturated heterocycles. The first-order valence-corrected chi connectivity index (χ1v) is 5.61. The Bertz CT molecular complexity index is 550. The van der Waals surface area contributed by atoms with E-state index in [0.717, 1.165) is 31.4 Å². The van der Waals surface area contributed by atoms with Crippen LogP contribution in [0.2, 0.25) is 0 Å². The SMILES string of the molecule is O=c1c2nc[nH]c2ccn1C1CCNCC1. The number of H-pyrrole nitrogens is 1. The molecular formula is C11H14N4O. The normalized spacial score (nSPS) is 18.0. The molecule has 0 bridgehead atoms. The van der Waals surface area contributed by atoms with Crippen molar-refractivity contribution in [1.29, 1.82) is 0 Å². The summed E-state index contributed by atoms with van der Waals surface area (Å²) >= 11 is 0. The molecule has 2 aromatic rings. The largest absolute Gasteiger partial charge is 0.344 e. The van der Waals surface area contributed by atoms with Crippen molar-refractivity contribution < 1.29 is 0 Å². The van der Waals surface area contributed by atoms with Gasteiger partial charge >= 0.3 is 0 Å². The van der Waals surface area contributed by atoms with Gasteiger partial charge in [-0.25, -0.2) is 4.98 Å². The lowest BCUT2D eigenvalue weighted by Gasteiger charge is -2.24. The first kappa shape index (κ1) is 9.59. The number of hydrogen-bond donors (Lipinski definition) is 2. The molecule has 5 nitrogen and oxygen atoms in total. The summed E-state index contributed by atoms with van der Waals surface area (Å²) in [5.41, 5.74) is 1.38. The quantitative estimate of drug-likeness (QED) is 0.738. The summed E-state index contributed by atoms with van der Waals surface area (Å²) in [7, 11) is 0.